The molecule has 1 atom stereocenters. The summed E-state index contributed by atoms with van der Waals surface area (Å²) in [5.74, 6) is -0.372. The molecule has 0 radical (unpaired) electrons. The number of hydrogen-bond donors (Lipinski definition) is 2. The van der Waals surface area contributed by atoms with Crippen LogP contribution in [-0.2, 0) is 9.59 Å². The van der Waals surface area contributed by atoms with Crippen molar-refractivity contribution in [1.82, 2.24) is 10.2 Å². The average Bonchev–Trinajstić information content (AvgIpc) is 2.97. The van der Waals surface area contributed by atoms with Gasteiger partial charge in [-0.2, -0.15) is 0 Å². The number of para-hydroxylation sites is 1. The first-order chi connectivity index (χ1) is 17.2. The van der Waals surface area contributed by atoms with Gasteiger partial charge in [-0.1, -0.05) is 50.6 Å². The van der Waals surface area contributed by atoms with Crippen molar-refractivity contribution >= 4 is 41.0 Å². The van der Waals surface area contributed by atoms with Gasteiger partial charge in [-0.3, -0.25) is 9.59 Å². The molecule has 8 heteroatoms. The summed E-state index contributed by atoms with van der Waals surface area (Å²) in [7, 11) is 0. The molecule has 7 nitrogen and oxygen atoms in total. The van der Waals surface area contributed by atoms with Crippen LogP contribution in [0.5, 0.6) is 0 Å². The van der Waals surface area contributed by atoms with E-state index in [1.165, 1.54) is 21.6 Å². The van der Waals surface area contributed by atoms with Crippen molar-refractivity contribution < 1.29 is 14.4 Å². The number of nitrogens with zero attached hydrogens (tertiary/aromatic N) is 2. The van der Waals surface area contributed by atoms with Crippen molar-refractivity contribution in [1.29, 1.82) is 0 Å². The molecule has 2 N–H and O–H groups in total. The number of nitrogens with one attached hydrogen (secondary N) is 2. The largest absolute Gasteiger partial charge is 0.325 e. The molecule has 1 unspecified atom stereocenters. The Kier molecular flexibility index (Phi) is 7.17. The van der Waals surface area contributed by atoms with Crippen LogP contribution in [0.1, 0.15) is 5.56 Å². The Bertz CT molecular complexity index is 1320. The minimum absolute atomic E-state index is 0.222. The van der Waals surface area contributed by atoms with Gasteiger partial charge in [0.25, 0.3) is 5.91 Å². The molecule has 0 aromatic heterocycles. The topological polar surface area (TPSA) is 81.8 Å². The van der Waals surface area contributed by atoms with Crippen LogP contribution in [0.4, 0.5) is 16.2 Å². The summed E-state index contributed by atoms with van der Waals surface area (Å²) in [4.78, 5) is 43.5. The highest BCUT2D eigenvalue weighted by molar-refractivity contribution is 7.99. The van der Waals surface area contributed by atoms with Gasteiger partial charge in [0, 0.05) is 22.0 Å². The molecule has 2 aromatic rings. The number of fused-ring (bicyclic) bond motifs is 1. The summed E-state index contributed by atoms with van der Waals surface area (Å²) in [6.45, 7) is 17.8. The Hall–Kier alpha value is -4.04. The first-order valence-electron chi connectivity index (χ1n) is 11.4. The lowest BCUT2D eigenvalue weighted by atomic mass is 9.94. The SMILES string of the molecule is C=C1CN(C(=O)CN2C(=O)C(NC(=O)Nc3cccc(C)c3)CSc3ccccc32)C(=C)C(=C)C1=C. The van der Waals surface area contributed by atoms with E-state index < -0.39 is 12.1 Å². The molecule has 2 heterocycles. The van der Waals surface area contributed by atoms with E-state index in [1.807, 2.05) is 43.3 Å². The quantitative estimate of drug-likeness (QED) is 0.641. The zero-order chi connectivity index (χ0) is 26.0. The number of carbonyl (C=O) groups is 3. The number of piperidine rings is 1. The Morgan fingerprint density at radius 1 is 1.06 bits per heavy atom. The number of urea groups is 1. The molecule has 1 saturated heterocycles. The number of benzene rings is 2. The summed E-state index contributed by atoms with van der Waals surface area (Å²) in [6.07, 6.45) is 0. The van der Waals surface area contributed by atoms with Crippen LogP contribution in [0.3, 0.4) is 0 Å². The van der Waals surface area contributed by atoms with E-state index >= 15 is 0 Å². The summed E-state index contributed by atoms with van der Waals surface area (Å²) in [5.41, 5.74) is 4.57. The maximum Gasteiger partial charge on any atom is 0.319 e. The molecule has 1 fully saturated rings. The molecule has 4 amide bonds. The van der Waals surface area contributed by atoms with E-state index in [-0.39, 0.29) is 24.9 Å². The Morgan fingerprint density at radius 2 is 1.81 bits per heavy atom. The average molecular weight is 501 g/mol. The molecule has 36 heavy (non-hydrogen) atoms. The third-order valence-electron chi connectivity index (χ3n) is 6.12. The second-order valence-corrected chi connectivity index (χ2v) is 9.77. The van der Waals surface area contributed by atoms with Crippen molar-refractivity contribution in [2.24, 2.45) is 0 Å². The van der Waals surface area contributed by atoms with Gasteiger partial charge in [0.1, 0.15) is 12.6 Å². The van der Waals surface area contributed by atoms with Crippen LogP contribution in [0, 0.1) is 6.92 Å². The number of aryl methyl sites for hydroxylation is 1. The van der Waals surface area contributed by atoms with E-state index in [0.29, 0.717) is 39.5 Å². The molecule has 0 spiro atoms. The van der Waals surface area contributed by atoms with Gasteiger partial charge in [-0.15, -0.1) is 11.8 Å². The second-order valence-electron chi connectivity index (χ2n) is 8.71. The maximum absolute atomic E-state index is 13.7. The molecule has 0 bridgehead atoms. The van der Waals surface area contributed by atoms with E-state index in [0.717, 1.165) is 10.5 Å². The lowest BCUT2D eigenvalue weighted by molar-refractivity contribution is -0.129. The monoisotopic (exact) mass is 500 g/mol. The van der Waals surface area contributed by atoms with Gasteiger partial charge in [0.15, 0.2) is 0 Å². The smallest absolute Gasteiger partial charge is 0.319 e. The number of thioether (sulfide) groups is 1. The predicted molar refractivity (Wildman–Crippen MR) is 145 cm³/mol. The fourth-order valence-electron chi connectivity index (χ4n) is 4.06. The number of rotatable bonds is 4. The summed E-state index contributed by atoms with van der Waals surface area (Å²) in [6, 6.07) is 13.4. The zero-order valence-electron chi connectivity index (χ0n) is 20.2. The number of likely N-dealkylation sites (tertiary alicyclic amines) is 1. The molecule has 4 rings (SSSR count). The molecule has 0 saturated carbocycles. The first-order valence-corrected chi connectivity index (χ1v) is 12.4. The van der Waals surface area contributed by atoms with Gasteiger partial charge in [0.05, 0.1) is 12.2 Å². The van der Waals surface area contributed by atoms with Gasteiger partial charge in [0.2, 0.25) is 5.91 Å². The molecular formula is C28H28N4O3S. The van der Waals surface area contributed by atoms with Gasteiger partial charge < -0.3 is 20.4 Å². The van der Waals surface area contributed by atoms with Crippen LogP contribution >= 0.6 is 11.8 Å². The fraction of sp³-hybridized carbons (Fsp3) is 0.179. The second kappa shape index (κ2) is 10.3. The Labute approximate surface area is 215 Å². The van der Waals surface area contributed by atoms with E-state index in [4.69, 9.17) is 0 Å². The normalized spacial score (nSPS) is 18.0. The third kappa shape index (κ3) is 5.13. The Balaban J connectivity index is 1.55. The zero-order valence-corrected chi connectivity index (χ0v) is 21.0. The highest BCUT2D eigenvalue weighted by Gasteiger charge is 2.35. The van der Waals surface area contributed by atoms with Crippen LogP contribution in [0.2, 0.25) is 0 Å². The first kappa shape index (κ1) is 25.1. The number of anilines is 2. The minimum Gasteiger partial charge on any atom is -0.325 e. The highest BCUT2D eigenvalue weighted by Crippen LogP contribution is 2.35. The van der Waals surface area contributed by atoms with Gasteiger partial charge in [-0.25, -0.2) is 4.79 Å². The standard InChI is InChI=1S/C28H28N4O3S/c1-17-9-8-10-22(13-17)29-28(35)30-23-16-36-25-12-7-6-11-24(25)32(27(23)34)15-26(33)31-14-18(2)19(3)20(4)21(31)5/h6-13,23H,2-5,14-16H2,1H3,(H2,29,30,35). The van der Waals surface area contributed by atoms with E-state index in [2.05, 4.69) is 36.9 Å². The number of allylic oxidation sites excluding steroid dienone is 1. The molecule has 184 valence electrons. The number of carbonyl (C=O) groups excluding carboxylic acids is 3. The van der Waals surface area contributed by atoms with Crippen molar-refractivity contribution in [3.63, 3.8) is 0 Å². The van der Waals surface area contributed by atoms with Crippen LogP contribution in [0.25, 0.3) is 0 Å². The Morgan fingerprint density at radius 3 is 2.56 bits per heavy atom. The van der Waals surface area contributed by atoms with Gasteiger partial charge >= 0.3 is 6.03 Å². The molecule has 2 aliphatic heterocycles. The predicted octanol–water partition coefficient (Wildman–Crippen LogP) is 4.65. The highest BCUT2D eigenvalue weighted by atomic mass is 32.2. The van der Waals surface area contributed by atoms with Crippen molar-refractivity contribution in [3.05, 3.63) is 103 Å². The summed E-state index contributed by atoms with van der Waals surface area (Å²) in [5, 5.41) is 5.55. The van der Waals surface area contributed by atoms with Crippen molar-refractivity contribution in [3.8, 4) is 0 Å². The van der Waals surface area contributed by atoms with Crippen LogP contribution < -0.4 is 15.5 Å². The molecular weight excluding hydrogens is 472 g/mol. The molecule has 0 aliphatic carbocycles. The lowest BCUT2D eigenvalue weighted by Gasteiger charge is -2.35. The number of amides is 4. The fourth-order valence-corrected chi connectivity index (χ4v) is 5.13. The number of hydrogen-bond acceptors (Lipinski definition) is 4. The van der Waals surface area contributed by atoms with Crippen LogP contribution in [-0.4, -0.2) is 47.6 Å². The maximum atomic E-state index is 13.7. The van der Waals surface area contributed by atoms with Crippen LogP contribution in [0.15, 0.2) is 102 Å². The third-order valence-corrected chi connectivity index (χ3v) is 7.27. The minimum atomic E-state index is -0.839. The molecule has 2 aliphatic rings. The summed E-state index contributed by atoms with van der Waals surface area (Å²) >= 11 is 1.45. The van der Waals surface area contributed by atoms with Gasteiger partial charge in [-0.05, 0) is 53.5 Å². The molecule has 2 aromatic carbocycles. The van der Waals surface area contributed by atoms with E-state index in [1.54, 1.807) is 12.1 Å². The summed E-state index contributed by atoms with van der Waals surface area (Å²) < 4.78 is 0. The van der Waals surface area contributed by atoms with E-state index in [9.17, 15) is 14.4 Å². The lowest BCUT2D eigenvalue weighted by Crippen LogP contribution is -2.53. The van der Waals surface area contributed by atoms with Crippen molar-refractivity contribution in [2.75, 3.05) is 29.1 Å². The van der Waals surface area contributed by atoms with Crippen molar-refractivity contribution in [2.45, 2.75) is 17.9 Å².